The van der Waals surface area contributed by atoms with Crippen LogP contribution in [0.2, 0.25) is 39.3 Å². The molecular weight excluding hydrogens is 458 g/mol. The smallest absolute Gasteiger partial charge is 0.372 e. The van der Waals surface area contributed by atoms with Crippen molar-refractivity contribution in [1.82, 2.24) is 4.98 Å². The van der Waals surface area contributed by atoms with Crippen molar-refractivity contribution < 1.29 is 4.11 Å². The SMILES string of the molecule is Cc1cc(C)cc(N([Si](C)(C)C)[Si](F)(NC(C)(C)C)N(c2cc(C)cc(C)c2)[Si](C)(C)C)c1. The first-order valence-corrected chi connectivity index (χ1v) is 20.7. The van der Waals surface area contributed by atoms with Gasteiger partial charge in [-0.3, -0.25) is 4.98 Å². The van der Waals surface area contributed by atoms with Crippen molar-refractivity contribution in [3.8, 4) is 0 Å². The van der Waals surface area contributed by atoms with Crippen LogP contribution in [-0.4, -0.2) is 30.9 Å². The van der Waals surface area contributed by atoms with Crippen LogP contribution in [0.25, 0.3) is 0 Å². The number of benzene rings is 2. The van der Waals surface area contributed by atoms with E-state index in [2.05, 4.69) is 138 Å². The van der Waals surface area contributed by atoms with E-state index in [9.17, 15) is 0 Å². The lowest BCUT2D eigenvalue weighted by atomic mass is 10.1. The van der Waals surface area contributed by atoms with Crippen LogP contribution in [0.4, 0.5) is 15.5 Å². The zero-order valence-corrected chi connectivity index (χ0v) is 26.2. The molecule has 0 amide bonds. The van der Waals surface area contributed by atoms with Gasteiger partial charge in [-0.05, 0) is 95.0 Å². The lowest BCUT2D eigenvalue weighted by Crippen LogP contribution is -2.83. The highest BCUT2D eigenvalue weighted by atomic mass is 28.5. The van der Waals surface area contributed by atoms with E-state index in [1.54, 1.807) is 0 Å². The number of hydrogen-bond donors (Lipinski definition) is 1. The first-order valence-electron chi connectivity index (χ1n) is 12.0. The average molecular weight is 504 g/mol. The molecule has 0 bridgehead atoms. The molecule has 0 aliphatic rings. The molecule has 7 heteroatoms. The van der Waals surface area contributed by atoms with Crippen LogP contribution in [0.15, 0.2) is 36.4 Å². The number of nitrogens with one attached hydrogen (secondary N) is 1. The maximum Gasteiger partial charge on any atom is 0.533 e. The first-order chi connectivity index (χ1) is 14.7. The molecule has 0 saturated heterocycles. The largest absolute Gasteiger partial charge is 0.533 e. The van der Waals surface area contributed by atoms with Crippen LogP contribution in [0.5, 0.6) is 0 Å². The van der Waals surface area contributed by atoms with Gasteiger partial charge < -0.3 is 8.46 Å². The first kappa shape index (κ1) is 27.8. The van der Waals surface area contributed by atoms with E-state index >= 15 is 4.11 Å². The Morgan fingerprint density at radius 3 is 1.09 bits per heavy atom. The molecule has 3 nitrogen and oxygen atoms in total. The van der Waals surface area contributed by atoms with Gasteiger partial charge in [-0.15, -0.1) is 0 Å². The van der Waals surface area contributed by atoms with Crippen molar-refractivity contribution in [2.75, 3.05) is 8.46 Å². The molecule has 0 unspecified atom stereocenters. The molecule has 0 heterocycles. The highest BCUT2D eigenvalue weighted by Gasteiger charge is 2.58. The summed E-state index contributed by atoms with van der Waals surface area (Å²) in [6.07, 6.45) is 0. The van der Waals surface area contributed by atoms with Crippen LogP contribution >= 0.6 is 0 Å². The number of halogens is 1. The quantitative estimate of drug-likeness (QED) is 0.308. The summed E-state index contributed by atoms with van der Waals surface area (Å²) < 4.78 is 22.9. The van der Waals surface area contributed by atoms with Crippen LogP contribution in [0.3, 0.4) is 0 Å². The molecule has 2 aromatic rings. The van der Waals surface area contributed by atoms with Gasteiger partial charge in [0.25, 0.3) is 0 Å². The molecule has 2 rings (SSSR count). The fraction of sp³-hybridized carbons (Fsp3) is 0.538. The second-order valence-corrected chi connectivity index (χ2v) is 25.5. The summed E-state index contributed by atoms with van der Waals surface area (Å²) in [6.45, 7) is 28.3. The third kappa shape index (κ3) is 6.81. The maximum atomic E-state index is 18.5. The lowest BCUT2D eigenvalue weighted by molar-refractivity contribution is 0.482. The maximum absolute atomic E-state index is 18.5. The topological polar surface area (TPSA) is 18.5 Å². The van der Waals surface area contributed by atoms with E-state index in [-0.39, 0.29) is 5.54 Å². The summed E-state index contributed by atoms with van der Waals surface area (Å²) in [4.78, 5) is 3.61. The molecule has 0 aromatic heterocycles. The van der Waals surface area contributed by atoms with E-state index in [0.29, 0.717) is 0 Å². The van der Waals surface area contributed by atoms with Crippen molar-refractivity contribution >= 4 is 36.7 Å². The highest BCUT2D eigenvalue weighted by molar-refractivity contribution is 7.06. The van der Waals surface area contributed by atoms with Gasteiger partial charge in [-0.2, -0.15) is 0 Å². The summed E-state index contributed by atoms with van der Waals surface area (Å²) >= 11 is 0. The molecule has 2 aromatic carbocycles. The molecule has 0 atom stereocenters. The van der Waals surface area contributed by atoms with Crippen LogP contribution in [0.1, 0.15) is 43.0 Å². The average Bonchev–Trinajstić information content (AvgIpc) is 2.47. The molecule has 0 spiro atoms. The van der Waals surface area contributed by atoms with Gasteiger partial charge in [0, 0.05) is 16.9 Å². The number of nitrogens with zero attached hydrogens (tertiary/aromatic N) is 2. The predicted molar refractivity (Wildman–Crippen MR) is 153 cm³/mol. The van der Waals surface area contributed by atoms with Gasteiger partial charge in [-0.25, -0.2) is 4.11 Å². The second kappa shape index (κ2) is 9.32. The molecule has 0 saturated carbocycles. The molecule has 1 N–H and O–H groups in total. The Kier molecular flexibility index (Phi) is 7.86. The minimum atomic E-state index is -3.95. The number of aryl methyl sites for hydroxylation is 4. The van der Waals surface area contributed by atoms with Crippen LogP contribution in [-0.2, 0) is 0 Å². The molecule has 33 heavy (non-hydrogen) atoms. The fourth-order valence-electron chi connectivity index (χ4n) is 4.85. The van der Waals surface area contributed by atoms with E-state index in [1.807, 2.05) is 0 Å². The van der Waals surface area contributed by atoms with Gasteiger partial charge >= 0.3 is 8.89 Å². The Hall–Kier alpha value is -1.42. The van der Waals surface area contributed by atoms with Gasteiger partial charge in [-0.1, -0.05) is 51.4 Å². The number of anilines is 2. The zero-order chi connectivity index (χ0) is 25.6. The third-order valence-electron chi connectivity index (χ3n) is 5.40. The predicted octanol–water partition coefficient (Wildman–Crippen LogP) is 7.70. The van der Waals surface area contributed by atoms with Gasteiger partial charge in [0.15, 0.2) is 0 Å². The van der Waals surface area contributed by atoms with Crippen molar-refractivity contribution in [2.24, 2.45) is 0 Å². The lowest BCUT2D eigenvalue weighted by Gasteiger charge is -2.55. The molecule has 0 radical (unpaired) electrons. The summed E-state index contributed by atoms with van der Waals surface area (Å²) in [6, 6.07) is 13.0. The fourth-order valence-corrected chi connectivity index (χ4v) is 17.3. The molecule has 184 valence electrons. The highest BCUT2D eigenvalue weighted by Crippen LogP contribution is 2.38. The summed E-state index contributed by atoms with van der Waals surface area (Å²) in [5, 5.41) is 0. The zero-order valence-electron chi connectivity index (χ0n) is 23.2. The monoisotopic (exact) mass is 503 g/mol. The second-order valence-electron chi connectivity index (χ2n) is 12.7. The Balaban J connectivity index is 2.97. The molecule has 0 fully saturated rings. The van der Waals surface area contributed by atoms with Crippen LogP contribution < -0.4 is 13.4 Å². The van der Waals surface area contributed by atoms with Crippen molar-refractivity contribution in [3.05, 3.63) is 58.7 Å². The van der Waals surface area contributed by atoms with E-state index in [1.165, 1.54) is 22.3 Å². The standard InChI is InChI=1S/C26H46FN3Si3/c1-20-14-21(2)17-24(16-20)29(31(8,9)10)33(27,28-26(5,6)7)30(32(11,12)13)25-18-22(3)15-23(4)19-25/h14-19,28H,1-13H3. The summed E-state index contributed by atoms with van der Waals surface area (Å²) in [5.41, 5.74) is 6.32. The van der Waals surface area contributed by atoms with Crippen LogP contribution in [0, 0.1) is 27.7 Å². The Morgan fingerprint density at radius 1 is 0.606 bits per heavy atom. The van der Waals surface area contributed by atoms with Crippen molar-refractivity contribution in [2.45, 2.75) is 93.3 Å². The van der Waals surface area contributed by atoms with Gasteiger partial charge in [0.1, 0.15) is 16.5 Å². The molecule has 0 aliphatic heterocycles. The van der Waals surface area contributed by atoms with Crippen molar-refractivity contribution in [1.29, 1.82) is 0 Å². The van der Waals surface area contributed by atoms with E-state index < -0.39 is 25.4 Å². The normalized spacial score (nSPS) is 13.3. The van der Waals surface area contributed by atoms with Gasteiger partial charge in [0.05, 0.1) is 0 Å². The van der Waals surface area contributed by atoms with E-state index in [0.717, 1.165) is 11.4 Å². The minimum Gasteiger partial charge on any atom is -0.372 e. The molecule has 0 aliphatic carbocycles. The van der Waals surface area contributed by atoms with E-state index in [4.69, 9.17) is 0 Å². The van der Waals surface area contributed by atoms with Crippen molar-refractivity contribution in [3.63, 3.8) is 0 Å². The molecular formula is C26H46FN3Si3. The Morgan fingerprint density at radius 2 is 0.879 bits per heavy atom. The third-order valence-corrected chi connectivity index (χ3v) is 17.2. The Bertz CT molecular complexity index is 878. The summed E-state index contributed by atoms with van der Waals surface area (Å²) in [5.74, 6) is 0. The summed E-state index contributed by atoms with van der Waals surface area (Å²) in [7, 11) is -8.29. The van der Waals surface area contributed by atoms with Gasteiger partial charge in [0.2, 0.25) is 0 Å². The Labute approximate surface area is 206 Å². The minimum absolute atomic E-state index is 0.380. The number of rotatable bonds is 7. The number of hydrogen-bond acceptors (Lipinski definition) is 3.